The van der Waals surface area contributed by atoms with Gasteiger partial charge in [-0.25, -0.2) is 14.6 Å². The number of urea groups is 1. The third-order valence-electron chi connectivity index (χ3n) is 4.57. The number of nitrogens with one attached hydrogen (secondary N) is 3. The van der Waals surface area contributed by atoms with Crippen LogP contribution in [0, 0.1) is 5.82 Å². The van der Waals surface area contributed by atoms with Gasteiger partial charge >= 0.3 is 12.2 Å². The Labute approximate surface area is 192 Å². The Morgan fingerprint density at radius 1 is 0.970 bits per heavy atom. The standard InChI is InChI=1S/C21H21ClF4N4O3/c1-3-30(4-2)19(32)12-5-6-13(17(22)9-12)11-27-20(33)29-28-18(31)14-7-15(21(24,25)26)10-16(23)8-14/h5-10H,3-4,11H2,1-2H3,(H,28,31)(H2,27,29,33). The number of rotatable bonds is 6. The Morgan fingerprint density at radius 2 is 1.64 bits per heavy atom. The number of nitrogens with zero attached hydrogens (tertiary/aromatic N) is 1. The zero-order valence-electron chi connectivity index (χ0n) is 17.6. The van der Waals surface area contributed by atoms with Crippen LogP contribution < -0.4 is 16.2 Å². The van der Waals surface area contributed by atoms with Gasteiger partial charge in [-0.2, -0.15) is 13.2 Å². The number of hydrazine groups is 1. The summed E-state index contributed by atoms with van der Waals surface area (Å²) in [4.78, 5) is 37.9. The lowest BCUT2D eigenvalue weighted by molar-refractivity contribution is -0.137. The highest BCUT2D eigenvalue weighted by Gasteiger charge is 2.32. The number of amides is 4. The Hall–Kier alpha value is -3.34. The number of hydrogen-bond acceptors (Lipinski definition) is 3. The summed E-state index contributed by atoms with van der Waals surface area (Å²) in [5.74, 6) is -2.59. The molecule has 0 aliphatic carbocycles. The van der Waals surface area contributed by atoms with Crippen LogP contribution in [0.1, 0.15) is 45.7 Å². The average molecular weight is 489 g/mol. The largest absolute Gasteiger partial charge is 0.416 e. The van der Waals surface area contributed by atoms with Gasteiger partial charge in [0.2, 0.25) is 0 Å². The summed E-state index contributed by atoms with van der Waals surface area (Å²) in [7, 11) is 0. The van der Waals surface area contributed by atoms with Crippen molar-refractivity contribution in [1.29, 1.82) is 0 Å². The number of hydrogen-bond donors (Lipinski definition) is 3. The van der Waals surface area contributed by atoms with Gasteiger partial charge in [0, 0.05) is 35.8 Å². The van der Waals surface area contributed by atoms with Gasteiger partial charge in [-0.3, -0.25) is 15.0 Å². The molecule has 0 atom stereocenters. The topological polar surface area (TPSA) is 90.5 Å². The Bertz CT molecular complexity index is 1040. The minimum atomic E-state index is -4.84. The molecule has 0 saturated heterocycles. The third-order valence-corrected chi connectivity index (χ3v) is 4.92. The molecular weight excluding hydrogens is 468 g/mol. The summed E-state index contributed by atoms with van der Waals surface area (Å²) in [5.41, 5.74) is 2.74. The molecule has 3 N–H and O–H groups in total. The number of halogens is 5. The molecule has 2 rings (SSSR count). The van der Waals surface area contributed by atoms with Crippen molar-refractivity contribution in [3.05, 3.63) is 69.5 Å². The molecule has 0 heterocycles. The first-order valence-electron chi connectivity index (χ1n) is 9.75. The van der Waals surface area contributed by atoms with Gasteiger partial charge in [0.15, 0.2) is 0 Å². The van der Waals surface area contributed by atoms with Crippen molar-refractivity contribution in [2.24, 2.45) is 0 Å². The lowest BCUT2D eigenvalue weighted by Crippen LogP contribution is -2.46. The van der Waals surface area contributed by atoms with Crippen LogP contribution in [0.4, 0.5) is 22.4 Å². The van der Waals surface area contributed by atoms with E-state index in [4.69, 9.17) is 11.6 Å². The second-order valence-corrected chi connectivity index (χ2v) is 7.18. The van der Waals surface area contributed by atoms with Gasteiger partial charge in [0.1, 0.15) is 5.82 Å². The van der Waals surface area contributed by atoms with E-state index in [2.05, 4.69) is 5.32 Å². The second kappa shape index (κ2) is 11.0. The minimum Gasteiger partial charge on any atom is -0.339 e. The number of alkyl halides is 3. The molecular formula is C21H21ClF4N4O3. The number of carbonyl (C=O) groups excluding carboxylic acids is 3. The molecule has 4 amide bonds. The van der Waals surface area contributed by atoms with Crippen molar-refractivity contribution >= 4 is 29.4 Å². The van der Waals surface area contributed by atoms with Gasteiger partial charge < -0.3 is 10.2 Å². The fourth-order valence-corrected chi connectivity index (χ4v) is 3.05. The first-order valence-corrected chi connectivity index (χ1v) is 10.1. The van der Waals surface area contributed by atoms with Crippen LogP contribution in [0.2, 0.25) is 5.02 Å². The van der Waals surface area contributed by atoms with Gasteiger partial charge in [-0.15, -0.1) is 0 Å². The van der Waals surface area contributed by atoms with Gasteiger partial charge in [-0.1, -0.05) is 17.7 Å². The molecule has 12 heteroatoms. The van der Waals surface area contributed by atoms with Gasteiger partial charge in [-0.05, 0) is 49.7 Å². The van der Waals surface area contributed by atoms with E-state index in [1.165, 1.54) is 6.07 Å². The third kappa shape index (κ3) is 7.07. The first-order chi connectivity index (χ1) is 15.5. The van der Waals surface area contributed by atoms with Crippen LogP contribution in [-0.2, 0) is 12.7 Å². The summed E-state index contributed by atoms with van der Waals surface area (Å²) in [5, 5.41) is 2.62. The molecule has 7 nitrogen and oxygen atoms in total. The van der Waals surface area contributed by atoms with Crippen LogP contribution in [0.5, 0.6) is 0 Å². The molecule has 2 aromatic carbocycles. The van der Waals surface area contributed by atoms with Crippen LogP contribution >= 0.6 is 11.6 Å². The second-order valence-electron chi connectivity index (χ2n) is 6.77. The summed E-state index contributed by atoms with van der Waals surface area (Å²) in [6.45, 7) is 4.70. The monoisotopic (exact) mass is 488 g/mol. The summed E-state index contributed by atoms with van der Waals surface area (Å²) >= 11 is 6.18. The maximum atomic E-state index is 13.4. The van der Waals surface area contributed by atoms with E-state index in [1.54, 1.807) is 17.0 Å². The molecule has 0 bridgehead atoms. The molecule has 0 spiro atoms. The SMILES string of the molecule is CCN(CC)C(=O)c1ccc(CNC(=O)NNC(=O)c2cc(F)cc(C(F)(F)F)c2)c(Cl)c1. The van der Waals surface area contributed by atoms with Gasteiger partial charge in [0.05, 0.1) is 5.56 Å². The highest BCUT2D eigenvalue weighted by atomic mass is 35.5. The highest BCUT2D eigenvalue weighted by Crippen LogP contribution is 2.30. The van der Waals surface area contributed by atoms with Crippen molar-refractivity contribution in [3.8, 4) is 0 Å². The van der Waals surface area contributed by atoms with E-state index in [9.17, 15) is 31.9 Å². The Morgan fingerprint density at radius 3 is 2.21 bits per heavy atom. The molecule has 2 aromatic rings. The average Bonchev–Trinajstić information content (AvgIpc) is 2.76. The Kier molecular flexibility index (Phi) is 8.63. The Balaban J connectivity index is 1.94. The summed E-state index contributed by atoms with van der Waals surface area (Å²) < 4.78 is 51.7. The maximum Gasteiger partial charge on any atom is 0.416 e. The van der Waals surface area contributed by atoms with E-state index in [0.717, 1.165) is 0 Å². The van der Waals surface area contributed by atoms with E-state index in [-0.39, 0.29) is 23.5 Å². The van der Waals surface area contributed by atoms with Crippen molar-refractivity contribution < 1.29 is 31.9 Å². The molecule has 0 aliphatic heterocycles. The normalized spacial score (nSPS) is 11.0. The quantitative estimate of drug-likeness (QED) is 0.422. The van der Waals surface area contributed by atoms with E-state index in [0.29, 0.717) is 36.3 Å². The molecule has 0 unspecified atom stereocenters. The van der Waals surface area contributed by atoms with E-state index >= 15 is 0 Å². The van der Waals surface area contributed by atoms with Crippen LogP contribution in [0.25, 0.3) is 0 Å². The van der Waals surface area contributed by atoms with Crippen molar-refractivity contribution in [2.75, 3.05) is 13.1 Å². The molecule has 0 aromatic heterocycles. The minimum absolute atomic E-state index is 0.0710. The molecule has 33 heavy (non-hydrogen) atoms. The first kappa shape index (κ1) is 25.9. The zero-order valence-corrected chi connectivity index (χ0v) is 18.4. The zero-order chi connectivity index (χ0) is 24.8. The molecule has 0 aliphatic rings. The molecule has 0 fully saturated rings. The number of benzene rings is 2. The molecule has 0 radical (unpaired) electrons. The maximum absolute atomic E-state index is 13.4. The highest BCUT2D eigenvalue weighted by molar-refractivity contribution is 6.31. The lowest BCUT2D eigenvalue weighted by Gasteiger charge is -2.19. The predicted molar refractivity (Wildman–Crippen MR) is 113 cm³/mol. The van der Waals surface area contributed by atoms with Crippen molar-refractivity contribution in [2.45, 2.75) is 26.6 Å². The van der Waals surface area contributed by atoms with E-state index in [1.807, 2.05) is 24.7 Å². The smallest absolute Gasteiger partial charge is 0.339 e. The lowest BCUT2D eigenvalue weighted by atomic mass is 10.1. The van der Waals surface area contributed by atoms with Crippen molar-refractivity contribution in [3.63, 3.8) is 0 Å². The van der Waals surface area contributed by atoms with Crippen LogP contribution in [0.15, 0.2) is 36.4 Å². The summed E-state index contributed by atoms with van der Waals surface area (Å²) in [6.07, 6.45) is -4.84. The summed E-state index contributed by atoms with van der Waals surface area (Å²) in [6, 6.07) is 5.01. The van der Waals surface area contributed by atoms with Crippen LogP contribution in [-0.4, -0.2) is 35.8 Å². The predicted octanol–water partition coefficient (Wildman–Crippen LogP) is 4.12. The molecule has 178 valence electrons. The van der Waals surface area contributed by atoms with Crippen molar-refractivity contribution in [1.82, 2.24) is 21.1 Å². The fourth-order valence-electron chi connectivity index (χ4n) is 2.81. The number of carbonyl (C=O) groups is 3. The van der Waals surface area contributed by atoms with E-state index < -0.39 is 35.1 Å². The fraction of sp³-hybridized carbons (Fsp3) is 0.286. The van der Waals surface area contributed by atoms with Crippen LogP contribution in [0.3, 0.4) is 0 Å². The van der Waals surface area contributed by atoms with Gasteiger partial charge in [0.25, 0.3) is 11.8 Å². The molecule has 0 saturated carbocycles.